The van der Waals surface area contributed by atoms with Crippen molar-refractivity contribution in [1.82, 2.24) is 9.88 Å². The minimum absolute atomic E-state index is 0.125. The number of aromatic nitrogens is 1. The van der Waals surface area contributed by atoms with Gasteiger partial charge in [-0.15, -0.1) is 0 Å². The van der Waals surface area contributed by atoms with Gasteiger partial charge in [0.1, 0.15) is 5.60 Å². The first-order chi connectivity index (χ1) is 10.7. The van der Waals surface area contributed by atoms with Crippen molar-refractivity contribution in [2.24, 2.45) is 0 Å². The molecule has 1 aliphatic rings. The molecule has 0 aliphatic carbocycles. The van der Waals surface area contributed by atoms with Gasteiger partial charge < -0.3 is 24.7 Å². The predicted molar refractivity (Wildman–Crippen MR) is 88.6 cm³/mol. The lowest BCUT2D eigenvalue weighted by atomic mass is 9.80. The average molecular weight is 324 g/mol. The molecule has 2 heterocycles. The van der Waals surface area contributed by atoms with E-state index in [0.717, 1.165) is 0 Å². The van der Waals surface area contributed by atoms with Crippen LogP contribution < -0.4 is 11.0 Å². The van der Waals surface area contributed by atoms with Crippen molar-refractivity contribution in [3.05, 3.63) is 27.7 Å². The number of ether oxygens (including phenoxy) is 1. The summed E-state index contributed by atoms with van der Waals surface area (Å²) in [6.07, 6.45) is 0.0662. The Bertz CT molecular complexity index is 607. The standard InChI is InChI=1S/C13H19BN2O5.C2H6/c1-13(2,3)21-12(18)16-5-4-10-8(7-16)6-9(14(19)20)11(17)15-10;1-2/h6,19-20H,4-5,7H2,1-3H3,(H,15,17);1-2H3. The molecule has 0 aromatic carbocycles. The maximum Gasteiger partial charge on any atom is 0.494 e. The Kier molecular flexibility index (Phi) is 6.41. The predicted octanol–water partition coefficient (Wildman–Crippen LogP) is 0.374. The Hall–Kier alpha value is -1.80. The van der Waals surface area contributed by atoms with Crippen molar-refractivity contribution in [3.63, 3.8) is 0 Å². The molecule has 0 spiro atoms. The highest BCUT2D eigenvalue weighted by Crippen LogP contribution is 2.18. The molecule has 8 heteroatoms. The normalized spacial score (nSPS) is 13.6. The van der Waals surface area contributed by atoms with Gasteiger partial charge in [0.25, 0.3) is 0 Å². The number of hydrogen-bond acceptors (Lipinski definition) is 5. The Morgan fingerprint density at radius 1 is 1.35 bits per heavy atom. The topological polar surface area (TPSA) is 103 Å². The van der Waals surface area contributed by atoms with Gasteiger partial charge in [0, 0.05) is 24.1 Å². The fourth-order valence-electron chi connectivity index (χ4n) is 2.20. The summed E-state index contributed by atoms with van der Waals surface area (Å²) in [6.45, 7) is 10.1. The zero-order valence-electron chi connectivity index (χ0n) is 14.3. The molecule has 0 saturated carbocycles. The third kappa shape index (κ3) is 5.11. The van der Waals surface area contributed by atoms with Crippen molar-refractivity contribution in [1.29, 1.82) is 0 Å². The lowest BCUT2D eigenvalue weighted by Crippen LogP contribution is -2.46. The van der Waals surface area contributed by atoms with Gasteiger partial charge in [0.15, 0.2) is 0 Å². The molecule has 1 amide bonds. The van der Waals surface area contributed by atoms with E-state index in [1.54, 1.807) is 20.8 Å². The van der Waals surface area contributed by atoms with Gasteiger partial charge in [-0.3, -0.25) is 4.79 Å². The van der Waals surface area contributed by atoms with E-state index in [1.807, 2.05) is 13.8 Å². The number of fused-ring (bicyclic) bond motifs is 1. The lowest BCUT2D eigenvalue weighted by molar-refractivity contribution is 0.0223. The van der Waals surface area contributed by atoms with Gasteiger partial charge in [0.2, 0.25) is 5.56 Å². The van der Waals surface area contributed by atoms with Crippen LogP contribution in [0.3, 0.4) is 0 Å². The van der Waals surface area contributed by atoms with E-state index in [0.29, 0.717) is 24.2 Å². The van der Waals surface area contributed by atoms with E-state index in [9.17, 15) is 9.59 Å². The highest BCUT2D eigenvalue weighted by Gasteiger charge is 2.27. The number of hydrogen-bond donors (Lipinski definition) is 3. The first kappa shape index (κ1) is 19.3. The summed E-state index contributed by atoms with van der Waals surface area (Å²) in [5.41, 5.74) is 0.183. The summed E-state index contributed by atoms with van der Waals surface area (Å²) in [4.78, 5) is 27.9. The SMILES string of the molecule is CC.CC(C)(C)OC(=O)N1CCc2[nH]c(=O)c(B(O)O)cc2C1. The number of carbonyl (C=O) groups is 1. The van der Waals surface area contributed by atoms with E-state index < -0.39 is 24.4 Å². The van der Waals surface area contributed by atoms with Crippen molar-refractivity contribution in [3.8, 4) is 0 Å². The number of nitrogens with zero attached hydrogens (tertiary/aromatic N) is 1. The zero-order chi connectivity index (χ0) is 17.8. The summed E-state index contributed by atoms with van der Waals surface area (Å²) in [7, 11) is -1.84. The summed E-state index contributed by atoms with van der Waals surface area (Å²) >= 11 is 0. The Morgan fingerprint density at radius 2 is 1.96 bits per heavy atom. The highest BCUT2D eigenvalue weighted by molar-refractivity contribution is 6.58. The van der Waals surface area contributed by atoms with E-state index >= 15 is 0 Å². The molecule has 1 aromatic rings. The Labute approximate surface area is 136 Å². The van der Waals surface area contributed by atoms with Crippen LogP contribution in [0.15, 0.2) is 10.9 Å². The van der Waals surface area contributed by atoms with Gasteiger partial charge in [-0.25, -0.2) is 4.79 Å². The summed E-state index contributed by atoms with van der Waals surface area (Å²) in [6, 6.07) is 1.43. The third-order valence-corrected chi connectivity index (χ3v) is 3.17. The number of H-pyrrole nitrogens is 1. The van der Waals surface area contributed by atoms with E-state index in [2.05, 4.69) is 4.98 Å². The van der Waals surface area contributed by atoms with Crippen LogP contribution in [-0.2, 0) is 17.7 Å². The summed E-state index contributed by atoms with van der Waals surface area (Å²) in [5, 5.41) is 18.3. The lowest BCUT2D eigenvalue weighted by Gasteiger charge is -2.31. The van der Waals surface area contributed by atoms with Gasteiger partial charge in [-0.1, -0.05) is 19.9 Å². The highest BCUT2D eigenvalue weighted by atomic mass is 16.6. The van der Waals surface area contributed by atoms with Gasteiger partial charge >= 0.3 is 13.2 Å². The number of amides is 1. The largest absolute Gasteiger partial charge is 0.494 e. The maximum absolute atomic E-state index is 12.0. The molecule has 1 aliphatic heterocycles. The van der Waals surface area contributed by atoms with Crippen molar-refractivity contribution < 1.29 is 19.6 Å². The molecular formula is C15H25BN2O5. The first-order valence-electron chi connectivity index (χ1n) is 7.76. The minimum Gasteiger partial charge on any atom is -0.444 e. The number of rotatable bonds is 1. The molecule has 0 bridgehead atoms. The second-order valence-electron chi connectivity index (χ2n) is 6.08. The monoisotopic (exact) mass is 324 g/mol. The number of aromatic amines is 1. The van der Waals surface area contributed by atoms with Gasteiger partial charge in [0.05, 0.1) is 6.54 Å². The fourth-order valence-corrected chi connectivity index (χ4v) is 2.20. The molecule has 128 valence electrons. The molecule has 0 radical (unpaired) electrons. The fraction of sp³-hybridized carbons (Fsp3) is 0.600. The van der Waals surface area contributed by atoms with Crippen LogP contribution in [0, 0.1) is 0 Å². The van der Waals surface area contributed by atoms with Crippen LogP contribution in [0.5, 0.6) is 0 Å². The molecule has 3 N–H and O–H groups in total. The average Bonchev–Trinajstić information content (AvgIpc) is 2.46. The molecule has 2 rings (SSSR count). The summed E-state index contributed by atoms with van der Waals surface area (Å²) < 4.78 is 5.31. The van der Waals surface area contributed by atoms with E-state index in [1.165, 1.54) is 11.0 Å². The first-order valence-corrected chi connectivity index (χ1v) is 7.76. The molecule has 0 atom stereocenters. The van der Waals surface area contributed by atoms with Gasteiger partial charge in [-0.05, 0) is 26.3 Å². The minimum atomic E-state index is -1.84. The van der Waals surface area contributed by atoms with Crippen molar-refractivity contribution in [2.75, 3.05) is 6.54 Å². The second kappa shape index (κ2) is 7.65. The van der Waals surface area contributed by atoms with Crippen LogP contribution in [0.25, 0.3) is 0 Å². The molecule has 23 heavy (non-hydrogen) atoms. The van der Waals surface area contributed by atoms with E-state index in [4.69, 9.17) is 14.8 Å². The summed E-state index contributed by atoms with van der Waals surface area (Å²) in [5.74, 6) is 0. The van der Waals surface area contributed by atoms with Crippen LogP contribution in [0.4, 0.5) is 4.79 Å². The van der Waals surface area contributed by atoms with Crippen molar-refractivity contribution >= 4 is 18.7 Å². The molecule has 7 nitrogen and oxygen atoms in total. The second-order valence-corrected chi connectivity index (χ2v) is 6.08. The third-order valence-electron chi connectivity index (χ3n) is 3.17. The van der Waals surface area contributed by atoms with Crippen molar-refractivity contribution in [2.45, 2.75) is 53.2 Å². The number of carbonyl (C=O) groups excluding carboxylic acids is 1. The molecular weight excluding hydrogens is 299 g/mol. The number of nitrogens with one attached hydrogen (secondary N) is 1. The van der Waals surface area contributed by atoms with Crippen LogP contribution in [-0.4, -0.2) is 45.3 Å². The Balaban J connectivity index is 0.00000127. The number of pyridine rings is 1. The maximum atomic E-state index is 12.0. The molecule has 0 unspecified atom stereocenters. The zero-order valence-corrected chi connectivity index (χ0v) is 14.3. The molecule has 1 aromatic heterocycles. The van der Waals surface area contributed by atoms with Crippen LogP contribution in [0.1, 0.15) is 45.9 Å². The van der Waals surface area contributed by atoms with Gasteiger partial charge in [-0.2, -0.15) is 0 Å². The van der Waals surface area contributed by atoms with E-state index in [-0.39, 0.29) is 12.0 Å². The molecule has 0 saturated heterocycles. The van der Waals surface area contributed by atoms with Crippen LogP contribution >= 0.6 is 0 Å². The molecule has 0 fully saturated rings. The smallest absolute Gasteiger partial charge is 0.444 e. The van der Waals surface area contributed by atoms with Crippen LogP contribution in [0.2, 0.25) is 0 Å². The quantitative estimate of drug-likeness (QED) is 0.648. The Morgan fingerprint density at radius 3 is 2.48 bits per heavy atom.